The van der Waals surface area contributed by atoms with Crippen LogP contribution in [0, 0.1) is 11.6 Å². The van der Waals surface area contributed by atoms with Gasteiger partial charge in [0.15, 0.2) is 11.6 Å². The zero-order valence-electron chi connectivity index (χ0n) is 17.7. The molecule has 0 saturated carbocycles. The minimum absolute atomic E-state index is 0.107. The number of anilines is 1. The molecule has 5 rings (SSSR count). The van der Waals surface area contributed by atoms with Gasteiger partial charge in [-0.15, -0.1) is 0 Å². The third-order valence-electron chi connectivity index (χ3n) is 6.20. The average Bonchev–Trinajstić information content (AvgIpc) is 2.76. The molecule has 1 spiro atoms. The van der Waals surface area contributed by atoms with Gasteiger partial charge in [0.2, 0.25) is 0 Å². The molecule has 0 bridgehead atoms. The normalized spacial score (nSPS) is 17.1. The summed E-state index contributed by atoms with van der Waals surface area (Å²) in [5.41, 5.74) is 7.88. The Hall–Kier alpha value is -2.61. The van der Waals surface area contributed by atoms with Gasteiger partial charge in [0.05, 0.1) is 5.02 Å². The highest BCUT2D eigenvalue weighted by atomic mass is 35.5. The van der Waals surface area contributed by atoms with Crippen molar-refractivity contribution in [1.82, 2.24) is 10.3 Å². The first-order valence-corrected chi connectivity index (χ1v) is 11.3. The minimum atomic E-state index is -0.728. The van der Waals surface area contributed by atoms with Crippen LogP contribution in [0.4, 0.5) is 14.6 Å². The Morgan fingerprint density at radius 2 is 1.97 bits per heavy atom. The molecule has 1 atom stereocenters. The lowest BCUT2D eigenvalue weighted by Gasteiger charge is -2.45. The first-order valence-electron chi connectivity index (χ1n) is 10.5. The van der Waals surface area contributed by atoms with Crippen LogP contribution in [-0.4, -0.2) is 23.7 Å². The van der Waals surface area contributed by atoms with Crippen molar-refractivity contribution in [2.75, 3.05) is 18.8 Å². The molecule has 172 valence electrons. The number of aromatic nitrogens is 1. The summed E-state index contributed by atoms with van der Waals surface area (Å²) in [6.45, 7) is 3.21. The second kappa shape index (κ2) is 8.31. The molecule has 1 aromatic heterocycles. The second-order valence-electron chi connectivity index (χ2n) is 8.45. The lowest BCUT2D eigenvalue weighted by Crippen LogP contribution is -2.64. The number of ether oxygens (including phenoxy) is 2. The lowest BCUT2D eigenvalue weighted by molar-refractivity contribution is -0.00257. The number of rotatable bonds is 4. The zero-order chi connectivity index (χ0) is 23.3. The van der Waals surface area contributed by atoms with Crippen molar-refractivity contribution in [2.24, 2.45) is 0 Å². The van der Waals surface area contributed by atoms with Crippen LogP contribution in [0.25, 0.3) is 11.1 Å². The number of fused-ring (bicyclic) bond motifs is 1. The standard InChI is InChI=1S/C24H21Cl2F2N3O2/c1-12(21-16(25)2-3-17(27)22(21)26)32-20-7-14(9-31-23(20)29)15-6-13-4-5-24(10-30-11-24)33-19(13)8-18(15)28/h2-3,6-9,12,30H,4-5,10-11H2,1H3,(H2,29,31)/t12-/m1/s1. The van der Waals surface area contributed by atoms with E-state index in [0.717, 1.165) is 31.5 Å². The Morgan fingerprint density at radius 3 is 2.70 bits per heavy atom. The van der Waals surface area contributed by atoms with E-state index in [1.807, 2.05) is 0 Å². The number of aryl methyl sites for hydroxylation is 1. The maximum atomic E-state index is 15.1. The van der Waals surface area contributed by atoms with Gasteiger partial charge < -0.3 is 20.5 Å². The molecule has 2 aromatic carbocycles. The third-order valence-corrected chi connectivity index (χ3v) is 6.92. The topological polar surface area (TPSA) is 69.4 Å². The van der Waals surface area contributed by atoms with E-state index in [9.17, 15) is 4.39 Å². The Kier molecular flexibility index (Phi) is 5.59. The molecule has 3 aromatic rings. The van der Waals surface area contributed by atoms with Crippen LogP contribution < -0.4 is 20.5 Å². The van der Waals surface area contributed by atoms with Crippen molar-refractivity contribution in [3.63, 3.8) is 0 Å². The van der Waals surface area contributed by atoms with Crippen LogP contribution in [0.15, 0.2) is 36.5 Å². The molecule has 0 radical (unpaired) electrons. The number of pyridine rings is 1. The number of nitrogens with two attached hydrogens (primary N) is 1. The fourth-order valence-corrected chi connectivity index (χ4v) is 4.95. The molecular formula is C24H21Cl2F2N3O2. The van der Waals surface area contributed by atoms with E-state index in [2.05, 4.69) is 10.3 Å². The first kappa shape index (κ1) is 22.2. The Balaban J connectivity index is 1.46. The van der Waals surface area contributed by atoms with E-state index in [-0.39, 0.29) is 27.2 Å². The zero-order valence-corrected chi connectivity index (χ0v) is 19.2. The predicted octanol–water partition coefficient (Wildman–Crippen LogP) is 5.72. The van der Waals surface area contributed by atoms with Gasteiger partial charge in [-0.3, -0.25) is 0 Å². The SMILES string of the molecule is C[C@@H](Oc1cc(-c2cc3c(cc2F)OC2(CC3)CNC2)cnc1N)c1c(Cl)ccc(F)c1Cl. The van der Waals surface area contributed by atoms with Crippen molar-refractivity contribution >= 4 is 29.0 Å². The number of benzene rings is 2. The van der Waals surface area contributed by atoms with Crippen LogP contribution in [0.2, 0.25) is 10.0 Å². The van der Waals surface area contributed by atoms with Gasteiger partial charge in [-0.25, -0.2) is 13.8 Å². The molecule has 9 heteroatoms. The molecule has 0 unspecified atom stereocenters. The summed E-state index contributed by atoms with van der Waals surface area (Å²) in [5, 5.41) is 3.35. The van der Waals surface area contributed by atoms with Gasteiger partial charge >= 0.3 is 0 Å². The molecule has 1 fully saturated rings. The second-order valence-corrected chi connectivity index (χ2v) is 9.24. The fourth-order valence-electron chi connectivity index (χ4n) is 4.27. The van der Waals surface area contributed by atoms with E-state index in [1.54, 1.807) is 19.1 Å². The molecule has 2 aliphatic rings. The number of halogens is 4. The number of hydrogen-bond acceptors (Lipinski definition) is 5. The molecule has 1 saturated heterocycles. The van der Waals surface area contributed by atoms with Crippen molar-refractivity contribution < 1.29 is 18.3 Å². The van der Waals surface area contributed by atoms with E-state index in [4.69, 9.17) is 38.4 Å². The first-order chi connectivity index (χ1) is 15.8. The van der Waals surface area contributed by atoms with Crippen molar-refractivity contribution in [3.05, 3.63) is 69.3 Å². The molecule has 3 heterocycles. The maximum Gasteiger partial charge on any atom is 0.166 e. The van der Waals surface area contributed by atoms with Crippen molar-refractivity contribution in [2.45, 2.75) is 31.5 Å². The Morgan fingerprint density at radius 1 is 1.18 bits per heavy atom. The molecule has 3 N–H and O–H groups in total. The summed E-state index contributed by atoms with van der Waals surface area (Å²) in [6.07, 6.45) is 2.43. The largest absolute Gasteiger partial charge is 0.484 e. The summed E-state index contributed by atoms with van der Waals surface area (Å²) >= 11 is 12.3. The van der Waals surface area contributed by atoms with E-state index >= 15 is 4.39 Å². The summed E-state index contributed by atoms with van der Waals surface area (Å²) in [4.78, 5) is 4.17. The summed E-state index contributed by atoms with van der Waals surface area (Å²) < 4.78 is 41.0. The van der Waals surface area contributed by atoms with Gasteiger partial charge in [-0.05, 0) is 49.6 Å². The number of hydrogen-bond donors (Lipinski definition) is 2. The lowest BCUT2D eigenvalue weighted by atomic mass is 9.85. The molecular weight excluding hydrogens is 471 g/mol. The summed E-state index contributed by atoms with van der Waals surface area (Å²) in [6, 6.07) is 7.40. The molecule has 0 amide bonds. The monoisotopic (exact) mass is 491 g/mol. The highest BCUT2D eigenvalue weighted by Gasteiger charge is 2.42. The average molecular weight is 492 g/mol. The fraction of sp³-hybridized carbons (Fsp3) is 0.292. The summed E-state index contributed by atoms with van der Waals surface area (Å²) in [5.74, 6) is -0.142. The van der Waals surface area contributed by atoms with Crippen LogP contribution in [-0.2, 0) is 6.42 Å². The van der Waals surface area contributed by atoms with Crippen LogP contribution in [0.1, 0.15) is 30.6 Å². The quantitative estimate of drug-likeness (QED) is 0.456. The Labute approximate surface area is 199 Å². The highest BCUT2D eigenvalue weighted by Crippen LogP contribution is 2.41. The third kappa shape index (κ3) is 3.98. The number of nitrogens with zero attached hydrogens (tertiary/aromatic N) is 1. The van der Waals surface area contributed by atoms with Crippen molar-refractivity contribution in [3.8, 4) is 22.6 Å². The molecule has 0 aliphatic carbocycles. The number of nitrogen functional groups attached to an aromatic ring is 1. The molecule has 5 nitrogen and oxygen atoms in total. The predicted molar refractivity (Wildman–Crippen MR) is 124 cm³/mol. The molecule has 2 aliphatic heterocycles. The highest BCUT2D eigenvalue weighted by molar-refractivity contribution is 6.36. The minimum Gasteiger partial charge on any atom is -0.484 e. The van der Waals surface area contributed by atoms with E-state index in [0.29, 0.717) is 22.4 Å². The smallest absolute Gasteiger partial charge is 0.166 e. The van der Waals surface area contributed by atoms with Gasteiger partial charge in [-0.1, -0.05) is 23.2 Å². The van der Waals surface area contributed by atoms with Gasteiger partial charge in [0.25, 0.3) is 0 Å². The van der Waals surface area contributed by atoms with E-state index in [1.165, 1.54) is 24.4 Å². The van der Waals surface area contributed by atoms with E-state index < -0.39 is 17.7 Å². The number of nitrogens with one attached hydrogen (secondary N) is 1. The van der Waals surface area contributed by atoms with Gasteiger partial charge in [0.1, 0.15) is 29.1 Å². The van der Waals surface area contributed by atoms with Gasteiger partial charge in [0, 0.05) is 47.1 Å². The van der Waals surface area contributed by atoms with Crippen LogP contribution in [0.5, 0.6) is 11.5 Å². The maximum absolute atomic E-state index is 15.1. The van der Waals surface area contributed by atoms with Crippen LogP contribution in [0.3, 0.4) is 0 Å². The molecule has 33 heavy (non-hydrogen) atoms. The Bertz CT molecular complexity index is 1250. The van der Waals surface area contributed by atoms with Crippen LogP contribution >= 0.6 is 23.2 Å². The summed E-state index contributed by atoms with van der Waals surface area (Å²) in [7, 11) is 0. The van der Waals surface area contributed by atoms with Crippen molar-refractivity contribution in [1.29, 1.82) is 0 Å². The van der Waals surface area contributed by atoms with Gasteiger partial charge in [-0.2, -0.15) is 0 Å².